The molecule has 0 aliphatic carbocycles. The van der Waals surface area contributed by atoms with Crippen molar-refractivity contribution < 1.29 is 10.3 Å². The van der Waals surface area contributed by atoms with Crippen molar-refractivity contribution in [1.82, 2.24) is 0 Å². The van der Waals surface area contributed by atoms with Gasteiger partial charge in [0.05, 0.1) is 0 Å². The van der Waals surface area contributed by atoms with Gasteiger partial charge in [0, 0.05) is 5.56 Å². The van der Waals surface area contributed by atoms with Gasteiger partial charge in [-0.1, -0.05) is 66.2 Å². The Morgan fingerprint density at radius 1 is 0.815 bits per heavy atom. The second kappa shape index (κ2) is 18.2. The first kappa shape index (κ1) is 28.0. The molecule has 0 heterocycles. The van der Waals surface area contributed by atoms with E-state index >= 15 is 0 Å². The van der Waals surface area contributed by atoms with E-state index in [1.165, 1.54) is 8.38 Å². The Morgan fingerprint density at radius 3 is 1.48 bits per heavy atom. The Kier molecular flexibility index (Phi) is 18.8. The number of hydrazine groups is 1. The maximum absolute atomic E-state index is 10.4. The number of carbonyl (C=O) groups excluding carboxylic acids is 1. The molecule has 7 heteroatoms. The molecule has 3 rings (SSSR count). The SMILES string of the molecule is Cc1ccccc1.NN.O.O=C(Cl)c1ccccc1.[Na][c]1ccc(Cl)cc1. The zero-order chi connectivity index (χ0) is 19.8. The molecule has 0 aliphatic rings. The third-order valence-corrected chi connectivity index (χ3v) is 4.09. The van der Waals surface area contributed by atoms with Gasteiger partial charge in [-0.2, -0.15) is 0 Å². The third kappa shape index (κ3) is 15.5. The molecule has 0 saturated heterocycles. The van der Waals surface area contributed by atoms with Gasteiger partial charge in [-0.05, 0) is 18.5 Å². The fourth-order valence-corrected chi connectivity index (χ4v) is 2.22. The molecule has 6 N–H and O–H groups in total. The summed E-state index contributed by atoms with van der Waals surface area (Å²) in [5.41, 5.74) is 1.86. The molecule has 0 bridgehead atoms. The minimum absolute atomic E-state index is 0. The molecule has 0 unspecified atom stereocenters. The third-order valence-electron chi connectivity index (χ3n) is 2.95. The number of hydrogen-bond donors (Lipinski definition) is 2. The molecule has 0 radical (unpaired) electrons. The van der Waals surface area contributed by atoms with Gasteiger partial charge in [-0.25, -0.2) is 0 Å². The van der Waals surface area contributed by atoms with Crippen LogP contribution in [0.5, 0.6) is 0 Å². The first-order valence-corrected chi connectivity index (χ1v) is 9.56. The monoisotopic (exact) mass is 416 g/mol. The molecule has 27 heavy (non-hydrogen) atoms. The minimum atomic E-state index is -0.407. The molecule has 4 nitrogen and oxygen atoms in total. The predicted molar refractivity (Wildman–Crippen MR) is 117 cm³/mol. The van der Waals surface area contributed by atoms with Gasteiger partial charge in [0.2, 0.25) is 0 Å². The summed E-state index contributed by atoms with van der Waals surface area (Å²) in [5.74, 6) is 8.00. The molecular weight excluding hydrogens is 394 g/mol. The molecule has 0 aliphatic heterocycles. The maximum atomic E-state index is 10.4. The van der Waals surface area contributed by atoms with Crippen LogP contribution in [0.1, 0.15) is 15.9 Å². The number of halogens is 2. The van der Waals surface area contributed by atoms with Crippen LogP contribution >= 0.6 is 23.2 Å². The molecule has 0 aromatic heterocycles. The molecule has 3 aromatic rings. The van der Waals surface area contributed by atoms with E-state index in [1.54, 1.807) is 24.3 Å². The number of benzene rings is 3. The Labute approximate surface area is 188 Å². The molecular formula is C20H23Cl2N2NaO2. The van der Waals surface area contributed by atoms with E-state index < -0.39 is 5.24 Å². The van der Waals surface area contributed by atoms with Crippen molar-refractivity contribution >= 4 is 59.2 Å². The normalized spacial score (nSPS) is 8.26. The van der Waals surface area contributed by atoms with E-state index in [0.29, 0.717) is 5.56 Å². The van der Waals surface area contributed by atoms with E-state index in [4.69, 9.17) is 23.2 Å². The van der Waals surface area contributed by atoms with Crippen LogP contribution in [0.3, 0.4) is 0 Å². The van der Waals surface area contributed by atoms with Gasteiger partial charge < -0.3 is 5.48 Å². The van der Waals surface area contributed by atoms with Crippen molar-refractivity contribution in [3.63, 3.8) is 0 Å². The van der Waals surface area contributed by atoms with Gasteiger partial charge in [0.15, 0.2) is 0 Å². The molecule has 3 aromatic carbocycles. The second-order valence-electron chi connectivity index (χ2n) is 5.09. The number of nitrogens with two attached hydrogens (primary N) is 2. The van der Waals surface area contributed by atoms with Crippen molar-refractivity contribution in [3.05, 3.63) is 101 Å². The quantitative estimate of drug-likeness (QED) is 0.275. The standard InChI is InChI=1S/C7H5ClO.C7H8.C6H4Cl.H4N2.Na.H2O/c8-7(9)6-4-2-1-3-5-6;1-7-5-3-2-4-6-7;7-6-4-2-1-3-5-6;1-2;;/h1-5H;2-6H,1H3;2-5H;1-2H2;;1H2. The zero-order valence-corrected chi connectivity index (χ0v) is 18.9. The van der Waals surface area contributed by atoms with E-state index in [1.807, 2.05) is 36.4 Å². The van der Waals surface area contributed by atoms with Gasteiger partial charge in [0.1, 0.15) is 0 Å². The van der Waals surface area contributed by atoms with Gasteiger partial charge in [-0.3, -0.25) is 16.5 Å². The summed E-state index contributed by atoms with van der Waals surface area (Å²) >= 11 is 11.9. The van der Waals surface area contributed by atoms with Crippen molar-refractivity contribution in [2.75, 3.05) is 0 Å². The molecule has 0 fully saturated rings. The van der Waals surface area contributed by atoms with E-state index in [2.05, 4.69) is 42.9 Å². The van der Waals surface area contributed by atoms with Crippen LogP contribution in [-0.4, -0.2) is 38.6 Å². The summed E-state index contributed by atoms with van der Waals surface area (Å²) in [6.45, 7) is 2.08. The fraction of sp³-hybridized carbons (Fsp3) is 0.0500. The number of hydrogen-bond acceptors (Lipinski definition) is 3. The van der Waals surface area contributed by atoms with Crippen LogP contribution in [0.4, 0.5) is 0 Å². The summed E-state index contributed by atoms with van der Waals surface area (Å²) in [5, 5.41) is 0.417. The Hall–Kier alpha value is -1.21. The summed E-state index contributed by atoms with van der Waals surface area (Å²) in [7, 11) is 0. The van der Waals surface area contributed by atoms with Crippen molar-refractivity contribution in [2.24, 2.45) is 11.7 Å². The van der Waals surface area contributed by atoms with Crippen LogP contribution < -0.4 is 14.5 Å². The first-order valence-electron chi connectivity index (χ1n) is 7.81. The van der Waals surface area contributed by atoms with Crippen LogP contribution in [0.25, 0.3) is 0 Å². The molecule has 0 atom stereocenters. The Morgan fingerprint density at radius 2 is 1.22 bits per heavy atom. The van der Waals surface area contributed by atoms with Gasteiger partial charge in [-0.15, -0.1) is 0 Å². The van der Waals surface area contributed by atoms with Crippen molar-refractivity contribution in [2.45, 2.75) is 6.92 Å². The molecule has 0 amide bonds. The molecule has 0 spiro atoms. The first-order chi connectivity index (χ1) is 12.5. The number of carbonyl (C=O) groups is 1. The molecule has 0 saturated carbocycles. The number of aryl methyl sites for hydroxylation is 1. The van der Waals surface area contributed by atoms with E-state index in [0.717, 1.165) is 33.0 Å². The Bertz CT molecular complexity index is 707. The summed E-state index contributed by atoms with van der Waals surface area (Å²) in [4.78, 5) is 10.4. The van der Waals surface area contributed by atoms with Crippen molar-refractivity contribution in [1.29, 1.82) is 0 Å². The van der Waals surface area contributed by atoms with E-state index in [-0.39, 0.29) is 5.48 Å². The van der Waals surface area contributed by atoms with Crippen LogP contribution in [-0.2, 0) is 0 Å². The van der Waals surface area contributed by atoms with Crippen LogP contribution in [0.2, 0.25) is 5.02 Å². The zero-order valence-electron chi connectivity index (χ0n) is 15.4. The van der Waals surface area contributed by atoms with Crippen LogP contribution in [0, 0.1) is 6.92 Å². The van der Waals surface area contributed by atoms with Crippen molar-refractivity contribution in [3.8, 4) is 0 Å². The fourth-order valence-electron chi connectivity index (χ4n) is 1.64. The number of rotatable bonds is 1. The predicted octanol–water partition coefficient (Wildman–Crippen LogP) is 3.19. The summed E-state index contributed by atoms with van der Waals surface area (Å²) in [6.07, 6.45) is 0. The average molecular weight is 417 g/mol. The second-order valence-corrected chi connectivity index (χ2v) is 7.02. The van der Waals surface area contributed by atoms with Gasteiger partial charge in [0.25, 0.3) is 5.24 Å². The van der Waals surface area contributed by atoms with Crippen LogP contribution in [0.15, 0.2) is 84.9 Å². The summed E-state index contributed by atoms with van der Waals surface area (Å²) in [6, 6.07) is 26.9. The topological polar surface area (TPSA) is 101 Å². The summed E-state index contributed by atoms with van der Waals surface area (Å²) < 4.78 is 1.38. The Balaban J connectivity index is 0. The van der Waals surface area contributed by atoms with Gasteiger partial charge >= 0.3 is 71.6 Å². The van der Waals surface area contributed by atoms with E-state index in [9.17, 15) is 4.79 Å². The average Bonchev–Trinajstić information content (AvgIpc) is 2.68. The molecule has 140 valence electrons.